The first-order valence-electron chi connectivity index (χ1n) is 10.9. The average Bonchev–Trinajstić information content (AvgIpc) is 3.31. The smallest absolute Gasteiger partial charge is 0.361 e. The van der Waals surface area contributed by atoms with E-state index in [1.165, 1.54) is 12.1 Å². The van der Waals surface area contributed by atoms with Gasteiger partial charge in [0.15, 0.2) is 0 Å². The third kappa shape index (κ3) is 4.43. The molecule has 0 unspecified atom stereocenters. The topological polar surface area (TPSA) is 52.2 Å². The molecule has 2 saturated heterocycles. The number of benzene rings is 1. The molecule has 1 amide bonds. The predicted molar refractivity (Wildman–Crippen MR) is 113 cm³/mol. The van der Waals surface area contributed by atoms with E-state index in [0.717, 1.165) is 50.3 Å². The summed E-state index contributed by atoms with van der Waals surface area (Å²) in [6.45, 7) is 4.85. The summed E-state index contributed by atoms with van der Waals surface area (Å²) < 4.78 is 39.9. The lowest BCUT2D eigenvalue weighted by Gasteiger charge is -2.42. The Morgan fingerprint density at radius 1 is 1.29 bits per heavy atom. The Kier molecular flexibility index (Phi) is 5.75. The van der Waals surface area contributed by atoms with E-state index >= 15 is 0 Å². The van der Waals surface area contributed by atoms with Crippen molar-refractivity contribution in [1.82, 2.24) is 15.1 Å². The zero-order valence-electron chi connectivity index (χ0n) is 18.0. The quantitative estimate of drug-likeness (QED) is 0.736. The molecule has 0 radical (unpaired) electrons. The SMILES string of the molecule is CC1(C)C[C@H]2[C@H](CCCN2C(=O)CCCc2cn[nH]c2)N1c1cccc(C(F)(F)F)c1. The molecule has 2 aliphatic heterocycles. The molecular formula is C23H29F3N4O. The summed E-state index contributed by atoms with van der Waals surface area (Å²) in [4.78, 5) is 17.2. The first-order valence-corrected chi connectivity index (χ1v) is 10.9. The van der Waals surface area contributed by atoms with E-state index in [1.54, 1.807) is 12.3 Å². The fourth-order valence-corrected chi connectivity index (χ4v) is 5.33. The number of aromatic nitrogens is 2. The van der Waals surface area contributed by atoms with Crippen molar-refractivity contribution in [2.75, 3.05) is 11.4 Å². The van der Waals surface area contributed by atoms with Crippen molar-refractivity contribution in [3.8, 4) is 0 Å². The van der Waals surface area contributed by atoms with Crippen LogP contribution in [-0.2, 0) is 17.4 Å². The van der Waals surface area contributed by atoms with Crippen LogP contribution in [0.25, 0.3) is 0 Å². The maximum Gasteiger partial charge on any atom is 0.416 e. The van der Waals surface area contributed by atoms with Crippen LogP contribution < -0.4 is 4.90 Å². The van der Waals surface area contributed by atoms with Gasteiger partial charge >= 0.3 is 6.18 Å². The lowest BCUT2D eigenvalue weighted by molar-refractivity contribution is -0.137. The van der Waals surface area contributed by atoms with Crippen molar-refractivity contribution in [3.63, 3.8) is 0 Å². The zero-order valence-corrected chi connectivity index (χ0v) is 18.0. The Labute approximate surface area is 180 Å². The number of halogens is 3. The zero-order chi connectivity index (χ0) is 22.2. The number of aryl methyl sites for hydroxylation is 1. The van der Waals surface area contributed by atoms with Crippen molar-refractivity contribution in [2.45, 2.75) is 76.2 Å². The van der Waals surface area contributed by atoms with Gasteiger partial charge in [0.2, 0.25) is 5.91 Å². The number of hydrogen-bond acceptors (Lipinski definition) is 3. The van der Waals surface area contributed by atoms with E-state index in [9.17, 15) is 18.0 Å². The molecule has 2 aliphatic rings. The molecule has 2 atom stereocenters. The van der Waals surface area contributed by atoms with E-state index in [-0.39, 0.29) is 23.5 Å². The Bertz CT molecular complexity index is 910. The fourth-order valence-electron chi connectivity index (χ4n) is 5.33. The van der Waals surface area contributed by atoms with Crippen LogP contribution in [0.2, 0.25) is 0 Å². The third-order valence-corrected chi connectivity index (χ3v) is 6.62. The standard InChI is InChI=1S/C23H29F3N4O/c1-22(2)13-20-19(30(22)18-8-4-7-17(12-18)23(24,25)26)9-5-11-29(20)21(31)10-3-6-16-14-27-28-15-16/h4,7-8,12,14-15,19-20H,3,5-6,9-11,13H2,1-2H3,(H,27,28)/t19-,20-/m0/s1. The number of carbonyl (C=O) groups excluding carboxylic acids is 1. The van der Waals surface area contributed by atoms with E-state index in [1.807, 2.05) is 11.1 Å². The Hall–Kier alpha value is -2.51. The van der Waals surface area contributed by atoms with E-state index in [4.69, 9.17) is 0 Å². The number of hydrogen-bond donors (Lipinski definition) is 1. The number of aromatic amines is 1. The molecule has 1 aromatic heterocycles. The maximum absolute atomic E-state index is 13.3. The van der Waals surface area contributed by atoms with Gasteiger partial charge in [-0.1, -0.05) is 6.07 Å². The van der Waals surface area contributed by atoms with Crippen molar-refractivity contribution in [2.24, 2.45) is 0 Å². The summed E-state index contributed by atoms with van der Waals surface area (Å²) in [5.74, 6) is 0.139. The summed E-state index contributed by atoms with van der Waals surface area (Å²) in [5.41, 5.74) is 0.704. The molecule has 0 bridgehead atoms. The van der Waals surface area contributed by atoms with Crippen molar-refractivity contribution < 1.29 is 18.0 Å². The second-order valence-corrected chi connectivity index (χ2v) is 9.26. The number of H-pyrrole nitrogens is 1. The van der Waals surface area contributed by atoms with Gasteiger partial charge in [-0.2, -0.15) is 18.3 Å². The molecule has 0 aliphatic carbocycles. The van der Waals surface area contributed by atoms with Crippen LogP contribution in [-0.4, -0.2) is 45.2 Å². The summed E-state index contributed by atoms with van der Waals surface area (Å²) in [6.07, 6.45) is 3.76. The summed E-state index contributed by atoms with van der Waals surface area (Å²) in [5, 5.41) is 6.71. The number of amides is 1. The lowest BCUT2D eigenvalue weighted by Crippen LogP contribution is -2.52. The normalized spacial score (nSPS) is 23.1. The number of anilines is 1. The number of alkyl halides is 3. The Morgan fingerprint density at radius 2 is 2.10 bits per heavy atom. The molecule has 4 rings (SSSR count). The van der Waals surface area contributed by atoms with E-state index < -0.39 is 11.7 Å². The molecule has 31 heavy (non-hydrogen) atoms. The number of nitrogens with one attached hydrogen (secondary N) is 1. The van der Waals surface area contributed by atoms with Gasteiger partial charge in [-0.3, -0.25) is 9.89 Å². The summed E-state index contributed by atoms with van der Waals surface area (Å²) in [6, 6.07) is 5.65. The maximum atomic E-state index is 13.3. The van der Waals surface area contributed by atoms with Gasteiger partial charge in [0.1, 0.15) is 0 Å². The minimum Gasteiger partial charge on any atom is -0.361 e. The van der Waals surface area contributed by atoms with Gasteiger partial charge in [0.25, 0.3) is 0 Å². The third-order valence-electron chi connectivity index (χ3n) is 6.62. The second-order valence-electron chi connectivity index (χ2n) is 9.26. The first-order chi connectivity index (χ1) is 14.7. The second kappa shape index (κ2) is 8.20. The fraction of sp³-hybridized carbons (Fsp3) is 0.565. The molecule has 8 heteroatoms. The molecule has 0 spiro atoms. The minimum atomic E-state index is -4.37. The number of rotatable bonds is 5. The number of fused-ring (bicyclic) bond motifs is 1. The summed E-state index contributed by atoms with van der Waals surface area (Å²) >= 11 is 0. The predicted octanol–water partition coefficient (Wildman–Crippen LogP) is 4.80. The highest BCUT2D eigenvalue weighted by Crippen LogP contribution is 2.45. The highest BCUT2D eigenvalue weighted by Gasteiger charge is 2.50. The number of likely N-dealkylation sites (tertiary alicyclic amines) is 1. The first kappa shape index (κ1) is 21.7. The molecule has 3 heterocycles. The van der Waals surface area contributed by atoms with Gasteiger partial charge in [0, 0.05) is 30.4 Å². The minimum absolute atomic E-state index is 0.0275. The lowest BCUT2D eigenvalue weighted by atomic mass is 9.93. The van der Waals surface area contributed by atoms with Crippen LogP contribution in [0.3, 0.4) is 0 Å². The Morgan fingerprint density at radius 3 is 2.81 bits per heavy atom. The van der Waals surface area contributed by atoms with Crippen LogP contribution in [0.15, 0.2) is 36.7 Å². The largest absolute Gasteiger partial charge is 0.416 e. The Balaban J connectivity index is 1.51. The number of nitrogens with zero attached hydrogens (tertiary/aromatic N) is 3. The van der Waals surface area contributed by atoms with Crippen LogP contribution in [0.1, 0.15) is 57.1 Å². The van der Waals surface area contributed by atoms with Crippen LogP contribution >= 0.6 is 0 Å². The molecule has 1 aromatic carbocycles. The van der Waals surface area contributed by atoms with Crippen molar-refractivity contribution in [1.29, 1.82) is 0 Å². The highest BCUT2D eigenvalue weighted by molar-refractivity contribution is 5.77. The molecule has 5 nitrogen and oxygen atoms in total. The molecule has 1 N–H and O–H groups in total. The monoisotopic (exact) mass is 434 g/mol. The van der Waals surface area contributed by atoms with Crippen molar-refractivity contribution >= 4 is 11.6 Å². The van der Waals surface area contributed by atoms with Gasteiger partial charge < -0.3 is 9.80 Å². The molecule has 0 saturated carbocycles. The molecular weight excluding hydrogens is 405 g/mol. The van der Waals surface area contributed by atoms with E-state index in [0.29, 0.717) is 12.1 Å². The van der Waals surface area contributed by atoms with Crippen LogP contribution in [0.4, 0.5) is 18.9 Å². The summed E-state index contributed by atoms with van der Waals surface area (Å²) in [7, 11) is 0. The van der Waals surface area contributed by atoms with Gasteiger partial charge in [-0.15, -0.1) is 0 Å². The highest BCUT2D eigenvalue weighted by atomic mass is 19.4. The number of carbonyl (C=O) groups is 1. The molecule has 168 valence electrons. The van der Waals surface area contributed by atoms with Crippen molar-refractivity contribution in [3.05, 3.63) is 47.8 Å². The van der Waals surface area contributed by atoms with Gasteiger partial charge in [0.05, 0.1) is 23.8 Å². The van der Waals surface area contributed by atoms with Gasteiger partial charge in [-0.25, -0.2) is 0 Å². The van der Waals surface area contributed by atoms with Gasteiger partial charge in [-0.05, 0) is 69.7 Å². The van der Waals surface area contributed by atoms with E-state index in [2.05, 4.69) is 28.9 Å². The average molecular weight is 435 g/mol. The van der Waals surface area contributed by atoms with Crippen LogP contribution in [0.5, 0.6) is 0 Å². The van der Waals surface area contributed by atoms with Crippen LogP contribution in [0, 0.1) is 0 Å². The number of piperidine rings is 1. The molecule has 2 fully saturated rings. The molecule has 2 aromatic rings.